The molecule has 0 saturated heterocycles. The second-order valence-corrected chi connectivity index (χ2v) is 9.63. The SMILES string of the molecule is N#Cc1ccc(Oc2ccc(CNCCNC(c3ccccc3)(c3ccccc3)c3ccccc3)cc2)cc1C#N. The molecule has 5 heteroatoms. The largest absolute Gasteiger partial charge is 0.457 e. The molecule has 0 aliphatic heterocycles. The average molecular weight is 535 g/mol. The van der Waals surface area contributed by atoms with E-state index < -0.39 is 5.54 Å². The van der Waals surface area contributed by atoms with Gasteiger partial charge in [0.25, 0.3) is 0 Å². The quantitative estimate of drug-likeness (QED) is 0.142. The predicted molar refractivity (Wildman–Crippen MR) is 161 cm³/mol. The van der Waals surface area contributed by atoms with Crippen molar-refractivity contribution < 1.29 is 4.74 Å². The third kappa shape index (κ3) is 6.35. The summed E-state index contributed by atoms with van der Waals surface area (Å²) in [5.74, 6) is 1.19. The molecule has 5 nitrogen and oxygen atoms in total. The molecule has 0 fully saturated rings. The minimum absolute atomic E-state index is 0.301. The molecular formula is C36H30N4O. The summed E-state index contributed by atoms with van der Waals surface area (Å²) in [7, 11) is 0. The monoisotopic (exact) mass is 534 g/mol. The van der Waals surface area contributed by atoms with Crippen LogP contribution in [0.1, 0.15) is 33.4 Å². The molecule has 0 aromatic heterocycles. The van der Waals surface area contributed by atoms with E-state index in [1.807, 2.05) is 36.4 Å². The first-order valence-corrected chi connectivity index (χ1v) is 13.6. The van der Waals surface area contributed by atoms with Crippen molar-refractivity contribution in [3.63, 3.8) is 0 Å². The Morgan fingerprint density at radius 3 is 1.59 bits per heavy atom. The highest BCUT2D eigenvalue weighted by Gasteiger charge is 2.35. The highest BCUT2D eigenvalue weighted by Crippen LogP contribution is 2.36. The summed E-state index contributed by atoms with van der Waals surface area (Å²) in [5, 5.41) is 25.8. The molecule has 2 N–H and O–H groups in total. The van der Waals surface area contributed by atoms with E-state index in [0.717, 1.165) is 18.7 Å². The lowest BCUT2D eigenvalue weighted by atomic mass is 9.77. The highest BCUT2D eigenvalue weighted by atomic mass is 16.5. The molecule has 0 bridgehead atoms. The first kappa shape index (κ1) is 27.4. The Hall–Kier alpha value is -5.20. The molecule has 0 aliphatic rings. The van der Waals surface area contributed by atoms with Crippen molar-refractivity contribution in [2.24, 2.45) is 0 Å². The average Bonchev–Trinajstić information content (AvgIpc) is 3.05. The summed E-state index contributed by atoms with van der Waals surface area (Å²) >= 11 is 0. The number of nitriles is 2. The van der Waals surface area contributed by atoms with Crippen molar-refractivity contribution in [2.45, 2.75) is 12.1 Å². The maximum Gasteiger partial charge on any atom is 0.128 e. The minimum atomic E-state index is -0.485. The fraction of sp³-hybridized carbons (Fsp3) is 0.111. The summed E-state index contributed by atoms with van der Waals surface area (Å²) in [4.78, 5) is 0. The molecule has 41 heavy (non-hydrogen) atoms. The van der Waals surface area contributed by atoms with Gasteiger partial charge in [-0.3, -0.25) is 5.32 Å². The van der Waals surface area contributed by atoms with Gasteiger partial charge in [-0.1, -0.05) is 103 Å². The van der Waals surface area contributed by atoms with Gasteiger partial charge in [0.1, 0.15) is 23.6 Å². The van der Waals surface area contributed by atoms with Gasteiger partial charge in [0, 0.05) is 19.6 Å². The Kier molecular flexibility index (Phi) is 8.84. The topological polar surface area (TPSA) is 80.9 Å². The van der Waals surface area contributed by atoms with Crippen molar-refractivity contribution in [2.75, 3.05) is 13.1 Å². The van der Waals surface area contributed by atoms with E-state index in [1.54, 1.807) is 18.2 Å². The van der Waals surface area contributed by atoms with E-state index in [1.165, 1.54) is 16.7 Å². The Bertz CT molecular complexity index is 1540. The third-order valence-corrected chi connectivity index (χ3v) is 7.03. The van der Waals surface area contributed by atoms with Crippen molar-refractivity contribution in [1.82, 2.24) is 10.6 Å². The second-order valence-electron chi connectivity index (χ2n) is 9.63. The number of nitrogens with one attached hydrogen (secondary N) is 2. The van der Waals surface area contributed by atoms with Crippen LogP contribution >= 0.6 is 0 Å². The number of hydrogen-bond acceptors (Lipinski definition) is 5. The zero-order chi connectivity index (χ0) is 28.3. The summed E-state index contributed by atoms with van der Waals surface area (Å²) in [6.45, 7) is 2.24. The van der Waals surface area contributed by atoms with Crippen LogP contribution in [-0.2, 0) is 12.1 Å². The summed E-state index contributed by atoms with van der Waals surface area (Å²) in [6, 6.07) is 48.6. The predicted octanol–water partition coefficient (Wildman–Crippen LogP) is 6.89. The maximum absolute atomic E-state index is 9.25. The number of ether oxygens (including phenoxy) is 1. The highest BCUT2D eigenvalue weighted by molar-refractivity contribution is 5.51. The zero-order valence-electron chi connectivity index (χ0n) is 22.6. The molecular weight excluding hydrogens is 504 g/mol. The lowest BCUT2D eigenvalue weighted by Gasteiger charge is -2.37. The number of rotatable bonds is 11. The molecule has 5 rings (SSSR count). The molecule has 5 aromatic rings. The van der Waals surface area contributed by atoms with Crippen LogP contribution in [0.25, 0.3) is 0 Å². The van der Waals surface area contributed by atoms with Crippen molar-refractivity contribution >= 4 is 0 Å². The molecule has 200 valence electrons. The van der Waals surface area contributed by atoms with E-state index in [-0.39, 0.29) is 0 Å². The summed E-state index contributed by atoms with van der Waals surface area (Å²) in [6.07, 6.45) is 0. The van der Waals surface area contributed by atoms with Crippen molar-refractivity contribution in [1.29, 1.82) is 10.5 Å². The van der Waals surface area contributed by atoms with E-state index in [9.17, 15) is 5.26 Å². The van der Waals surface area contributed by atoms with Gasteiger partial charge < -0.3 is 10.1 Å². The van der Waals surface area contributed by atoms with E-state index in [4.69, 9.17) is 10.00 Å². The molecule has 0 amide bonds. The van der Waals surface area contributed by atoms with Crippen molar-refractivity contribution in [3.05, 3.63) is 167 Å². The van der Waals surface area contributed by atoms with Gasteiger partial charge in [-0.15, -0.1) is 0 Å². The maximum atomic E-state index is 9.25. The number of nitrogens with zero attached hydrogens (tertiary/aromatic N) is 2. The zero-order valence-corrected chi connectivity index (χ0v) is 22.6. The van der Waals surface area contributed by atoms with Gasteiger partial charge in [0.2, 0.25) is 0 Å². The minimum Gasteiger partial charge on any atom is -0.457 e. The van der Waals surface area contributed by atoms with Crippen LogP contribution in [0.5, 0.6) is 11.5 Å². The van der Waals surface area contributed by atoms with Crippen LogP contribution in [0.15, 0.2) is 133 Å². The molecule has 0 saturated carbocycles. The van der Waals surface area contributed by atoms with E-state index in [2.05, 4.69) is 102 Å². The Labute approximate surface area is 241 Å². The van der Waals surface area contributed by atoms with Crippen molar-refractivity contribution in [3.8, 4) is 23.6 Å². The fourth-order valence-corrected chi connectivity index (χ4v) is 5.03. The fourth-order valence-electron chi connectivity index (χ4n) is 5.03. The van der Waals surface area contributed by atoms with E-state index >= 15 is 0 Å². The Morgan fingerprint density at radius 1 is 0.561 bits per heavy atom. The molecule has 0 heterocycles. The molecule has 0 spiro atoms. The Balaban J connectivity index is 1.24. The number of hydrogen-bond donors (Lipinski definition) is 2. The summed E-state index contributed by atoms with van der Waals surface area (Å²) in [5.41, 5.74) is 4.86. The van der Waals surface area contributed by atoms with Gasteiger partial charge in [-0.2, -0.15) is 10.5 Å². The summed E-state index contributed by atoms with van der Waals surface area (Å²) < 4.78 is 5.89. The van der Waals surface area contributed by atoms with Gasteiger partial charge in [-0.25, -0.2) is 0 Å². The van der Waals surface area contributed by atoms with Gasteiger partial charge in [0.15, 0.2) is 0 Å². The number of benzene rings is 5. The van der Waals surface area contributed by atoms with Gasteiger partial charge in [-0.05, 0) is 52.6 Å². The van der Waals surface area contributed by atoms with Crippen LogP contribution in [0, 0.1) is 22.7 Å². The standard InChI is InChI=1S/C36H30N4O/c37-25-29-18-21-35(24-30(29)26-38)41-34-19-16-28(17-20-34)27-39-22-23-40-36(31-10-4-1-5-11-31,32-12-6-2-7-13-32)33-14-8-3-9-15-33/h1-21,24,39-40H,22-23,27H2. The molecule has 0 unspecified atom stereocenters. The molecule has 0 atom stereocenters. The molecule has 0 radical (unpaired) electrons. The van der Waals surface area contributed by atoms with Crippen LogP contribution in [0.3, 0.4) is 0 Å². The van der Waals surface area contributed by atoms with Gasteiger partial charge in [0.05, 0.1) is 16.7 Å². The first-order chi connectivity index (χ1) is 20.2. The first-order valence-electron chi connectivity index (χ1n) is 13.6. The van der Waals surface area contributed by atoms with Crippen LogP contribution in [-0.4, -0.2) is 13.1 Å². The lowest BCUT2D eigenvalue weighted by molar-refractivity contribution is 0.463. The molecule has 0 aliphatic carbocycles. The normalized spacial score (nSPS) is 10.9. The smallest absolute Gasteiger partial charge is 0.128 e. The van der Waals surface area contributed by atoms with Gasteiger partial charge >= 0.3 is 0 Å². The lowest BCUT2D eigenvalue weighted by Crippen LogP contribution is -2.47. The second kappa shape index (κ2) is 13.2. The molecule has 5 aromatic carbocycles. The Morgan fingerprint density at radius 2 is 1.07 bits per heavy atom. The third-order valence-electron chi connectivity index (χ3n) is 7.03. The van der Waals surface area contributed by atoms with Crippen LogP contribution in [0.2, 0.25) is 0 Å². The van der Waals surface area contributed by atoms with Crippen LogP contribution < -0.4 is 15.4 Å². The van der Waals surface area contributed by atoms with Crippen LogP contribution in [0.4, 0.5) is 0 Å². The van der Waals surface area contributed by atoms with E-state index in [0.29, 0.717) is 29.2 Å².